The van der Waals surface area contributed by atoms with Crippen molar-refractivity contribution in [1.82, 2.24) is 0 Å². The van der Waals surface area contributed by atoms with E-state index in [1.807, 2.05) is 68.4 Å². The highest BCUT2D eigenvalue weighted by atomic mass is 32.2. The Balaban J connectivity index is 1.20. The first-order chi connectivity index (χ1) is 22.3. The second-order valence-corrected chi connectivity index (χ2v) is 13.6. The molecule has 5 aromatic rings. The summed E-state index contributed by atoms with van der Waals surface area (Å²) in [5, 5.41) is 0. The van der Waals surface area contributed by atoms with Crippen molar-refractivity contribution in [1.29, 1.82) is 0 Å². The number of hydrogen-bond acceptors (Lipinski definition) is 4. The second kappa shape index (κ2) is 12.3. The summed E-state index contributed by atoms with van der Waals surface area (Å²) in [5.41, 5.74) is 9.25. The molecule has 2 atom stereocenters. The van der Waals surface area contributed by atoms with Gasteiger partial charge in [-0.25, -0.2) is 0 Å². The first-order valence-electron chi connectivity index (χ1n) is 15.5. The van der Waals surface area contributed by atoms with E-state index < -0.39 is 15.8 Å². The van der Waals surface area contributed by atoms with Crippen LogP contribution in [-0.4, -0.2) is 14.6 Å². The fourth-order valence-electron chi connectivity index (χ4n) is 6.42. The van der Waals surface area contributed by atoms with E-state index in [1.165, 1.54) is 11.8 Å². The summed E-state index contributed by atoms with van der Waals surface area (Å²) in [7, 11) is -3.80. The molecule has 5 aromatic carbocycles. The third-order valence-electron chi connectivity index (χ3n) is 8.86. The summed E-state index contributed by atoms with van der Waals surface area (Å²) in [4.78, 5) is 0.175. The molecule has 5 nitrogen and oxygen atoms in total. The van der Waals surface area contributed by atoms with Crippen LogP contribution in [0.3, 0.4) is 0 Å². The predicted octanol–water partition coefficient (Wildman–Crippen LogP) is 8.91. The molecule has 1 heterocycles. The lowest BCUT2D eigenvalue weighted by molar-refractivity contribution is -0.183. The first-order valence-corrected chi connectivity index (χ1v) is 17.0. The van der Waals surface area contributed by atoms with Crippen LogP contribution in [0.2, 0.25) is 0 Å². The van der Waals surface area contributed by atoms with E-state index in [0.29, 0.717) is 5.56 Å². The zero-order valence-corrected chi connectivity index (χ0v) is 26.7. The van der Waals surface area contributed by atoms with Crippen LogP contribution in [0.15, 0.2) is 131 Å². The number of hydrogen-bond donors (Lipinski definition) is 0. The minimum Gasteiger partial charge on any atom is -0.335 e. The average molecular weight is 626 g/mol. The summed E-state index contributed by atoms with van der Waals surface area (Å²) in [5.74, 6) is -0.870. The van der Waals surface area contributed by atoms with Crippen LogP contribution in [0.4, 0.5) is 0 Å². The average Bonchev–Trinajstić information content (AvgIpc) is 3.66. The standard InChI is InChI=1S/C40H35NO4S/c1-28-16-22-36(23-17-28)46(42,43)41-27-30-19-18-29(2)35(26-30)21-20-31-14-9-15-32-24-25-40(37(31)32)44-38(33-10-5-3-6-11-33)39(45-40)34-12-7-4-8-13-34/h3-23,26-27,38-39H,24-25H2,1-2H3/b21-20+,41-27+/t38-,39-/m0/s1. The van der Waals surface area contributed by atoms with Gasteiger partial charge in [0.05, 0.1) is 4.90 Å². The Kier molecular flexibility index (Phi) is 8.03. The van der Waals surface area contributed by atoms with Crippen molar-refractivity contribution < 1.29 is 17.9 Å². The third-order valence-corrected chi connectivity index (χ3v) is 10.1. The Morgan fingerprint density at radius 1 is 0.717 bits per heavy atom. The van der Waals surface area contributed by atoms with Crippen molar-refractivity contribution >= 4 is 28.4 Å². The van der Waals surface area contributed by atoms with Crippen LogP contribution in [0.5, 0.6) is 0 Å². The summed E-state index contributed by atoms with van der Waals surface area (Å²) in [6, 6.07) is 39.5. The zero-order chi connectivity index (χ0) is 31.7. The lowest BCUT2D eigenvalue weighted by Crippen LogP contribution is -2.25. The van der Waals surface area contributed by atoms with E-state index in [2.05, 4.69) is 59.0 Å². The normalized spacial score (nSPS) is 18.9. The largest absolute Gasteiger partial charge is 0.335 e. The SMILES string of the molecule is Cc1ccc(S(=O)(=O)/N=C/c2ccc(C)c(/C=C/c3cccc4c3C3(CC4)O[C@@H](c4ccccc4)[C@H](c4ccccc4)O3)c2)cc1. The molecule has 2 aliphatic rings. The zero-order valence-electron chi connectivity index (χ0n) is 25.8. The maximum Gasteiger partial charge on any atom is 0.282 e. The molecule has 1 aliphatic heterocycles. The van der Waals surface area contributed by atoms with Gasteiger partial charge >= 0.3 is 0 Å². The van der Waals surface area contributed by atoms with E-state index in [4.69, 9.17) is 9.47 Å². The van der Waals surface area contributed by atoms with Crippen molar-refractivity contribution in [2.24, 2.45) is 4.40 Å². The van der Waals surface area contributed by atoms with Gasteiger partial charge < -0.3 is 9.47 Å². The highest BCUT2D eigenvalue weighted by molar-refractivity contribution is 7.90. The Labute approximate surface area is 270 Å². The molecular weight excluding hydrogens is 591 g/mol. The van der Waals surface area contributed by atoms with E-state index in [-0.39, 0.29) is 17.1 Å². The Morgan fingerprint density at radius 2 is 1.35 bits per heavy atom. The lowest BCUT2D eigenvalue weighted by atomic mass is 9.97. The van der Waals surface area contributed by atoms with Crippen LogP contribution in [0.25, 0.3) is 12.2 Å². The summed E-state index contributed by atoms with van der Waals surface area (Å²) in [6.07, 6.45) is 6.69. The number of sulfonamides is 1. The molecule has 0 radical (unpaired) electrons. The number of rotatable bonds is 7. The summed E-state index contributed by atoms with van der Waals surface area (Å²) >= 11 is 0. The van der Waals surface area contributed by atoms with Gasteiger partial charge in [-0.05, 0) is 77.4 Å². The van der Waals surface area contributed by atoms with Crippen LogP contribution >= 0.6 is 0 Å². The van der Waals surface area contributed by atoms with Gasteiger partial charge in [0.1, 0.15) is 12.2 Å². The van der Waals surface area contributed by atoms with Crippen LogP contribution in [-0.2, 0) is 31.7 Å². The maximum absolute atomic E-state index is 12.8. The second-order valence-electron chi connectivity index (χ2n) is 12.0. The fraction of sp³-hybridized carbons (Fsp3) is 0.175. The topological polar surface area (TPSA) is 65.0 Å². The number of benzene rings is 5. The molecule has 1 saturated heterocycles. The maximum atomic E-state index is 12.8. The molecule has 1 aliphatic carbocycles. The monoisotopic (exact) mass is 625 g/mol. The molecule has 1 fully saturated rings. The molecule has 0 bridgehead atoms. The minimum atomic E-state index is -3.80. The van der Waals surface area contributed by atoms with E-state index in [9.17, 15) is 8.42 Å². The van der Waals surface area contributed by atoms with Gasteiger partial charge in [-0.15, -0.1) is 0 Å². The fourth-order valence-corrected chi connectivity index (χ4v) is 7.29. The number of aryl methyl sites for hydroxylation is 3. The summed E-state index contributed by atoms with van der Waals surface area (Å²) < 4.78 is 43.6. The Hall–Kier alpha value is -4.62. The predicted molar refractivity (Wildman–Crippen MR) is 183 cm³/mol. The van der Waals surface area contributed by atoms with Gasteiger partial charge in [0, 0.05) is 18.2 Å². The van der Waals surface area contributed by atoms with Gasteiger partial charge in [0.25, 0.3) is 10.0 Å². The first kappa shape index (κ1) is 30.1. The van der Waals surface area contributed by atoms with Crippen LogP contribution in [0.1, 0.15) is 68.7 Å². The van der Waals surface area contributed by atoms with E-state index in [0.717, 1.165) is 51.8 Å². The van der Waals surface area contributed by atoms with Gasteiger partial charge in [-0.2, -0.15) is 12.8 Å². The van der Waals surface area contributed by atoms with Gasteiger partial charge in [-0.3, -0.25) is 0 Å². The summed E-state index contributed by atoms with van der Waals surface area (Å²) in [6.45, 7) is 3.96. The number of ether oxygens (including phenoxy) is 2. The van der Waals surface area contributed by atoms with Crippen molar-refractivity contribution in [3.8, 4) is 0 Å². The van der Waals surface area contributed by atoms with Crippen molar-refractivity contribution in [3.63, 3.8) is 0 Å². The number of nitrogens with zero attached hydrogens (tertiary/aromatic N) is 1. The van der Waals surface area contributed by atoms with E-state index in [1.54, 1.807) is 24.3 Å². The van der Waals surface area contributed by atoms with Gasteiger partial charge in [-0.1, -0.05) is 121 Å². The molecule has 0 N–H and O–H groups in total. The van der Waals surface area contributed by atoms with Crippen LogP contribution < -0.4 is 0 Å². The quantitative estimate of drug-likeness (QED) is 0.134. The lowest BCUT2D eigenvalue weighted by Gasteiger charge is -2.26. The molecule has 46 heavy (non-hydrogen) atoms. The molecule has 0 aromatic heterocycles. The van der Waals surface area contributed by atoms with Crippen molar-refractivity contribution in [3.05, 3.63) is 171 Å². The molecule has 0 saturated carbocycles. The smallest absolute Gasteiger partial charge is 0.282 e. The molecule has 1 spiro atoms. The Morgan fingerprint density at radius 3 is 2.00 bits per heavy atom. The van der Waals surface area contributed by atoms with Crippen molar-refractivity contribution in [2.45, 2.75) is 49.6 Å². The molecule has 0 amide bonds. The van der Waals surface area contributed by atoms with Crippen molar-refractivity contribution in [2.75, 3.05) is 0 Å². The van der Waals surface area contributed by atoms with Gasteiger partial charge in [0.15, 0.2) is 5.79 Å². The molecular formula is C40H35NO4S. The third kappa shape index (κ3) is 5.87. The molecule has 0 unspecified atom stereocenters. The van der Waals surface area contributed by atoms with E-state index >= 15 is 0 Å². The minimum absolute atomic E-state index is 0.175. The number of fused-ring (bicyclic) bond motifs is 2. The van der Waals surface area contributed by atoms with Crippen LogP contribution in [0, 0.1) is 13.8 Å². The van der Waals surface area contributed by atoms with Gasteiger partial charge in [0.2, 0.25) is 0 Å². The molecule has 230 valence electrons. The molecule has 7 rings (SSSR count). The highest BCUT2D eigenvalue weighted by Crippen LogP contribution is 2.57. The molecule has 6 heteroatoms. The highest BCUT2D eigenvalue weighted by Gasteiger charge is 2.53. The Bertz CT molecular complexity index is 1990.